The van der Waals surface area contributed by atoms with E-state index in [1.807, 2.05) is 7.05 Å². The van der Waals surface area contributed by atoms with Crippen LogP contribution in [-0.2, 0) is 4.74 Å². The third kappa shape index (κ3) is 12.2. The van der Waals surface area contributed by atoms with E-state index in [-0.39, 0.29) is 5.60 Å². The van der Waals surface area contributed by atoms with E-state index in [1.54, 1.807) is 0 Å². The summed E-state index contributed by atoms with van der Waals surface area (Å²) in [6, 6.07) is 0.514. The van der Waals surface area contributed by atoms with Crippen molar-refractivity contribution in [2.24, 2.45) is 0 Å². The van der Waals surface area contributed by atoms with Crippen LogP contribution in [0, 0.1) is 0 Å². The van der Waals surface area contributed by atoms with Crippen LogP contribution < -0.4 is 5.32 Å². The highest BCUT2D eigenvalue weighted by molar-refractivity contribution is 4.67. The summed E-state index contributed by atoms with van der Waals surface area (Å²) in [5.74, 6) is 0. The second-order valence-corrected chi connectivity index (χ2v) is 5.97. The Morgan fingerprint density at radius 3 is 2.12 bits per heavy atom. The Hall–Kier alpha value is -0.0800. The topological polar surface area (TPSA) is 21.3 Å². The lowest BCUT2D eigenvalue weighted by Crippen LogP contribution is -2.34. The molecule has 0 aromatic heterocycles. The first-order valence-corrected chi connectivity index (χ1v) is 7.31. The highest BCUT2D eigenvalue weighted by Crippen LogP contribution is 2.11. The average molecular weight is 243 g/mol. The molecule has 0 rings (SSSR count). The lowest BCUT2D eigenvalue weighted by molar-refractivity contribution is -0.0147. The SMILES string of the molecule is CCCCCCCCC(COC(C)(C)C)NC. The van der Waals surface area contributed by atoms with Crippen LogP contribution in [0.15, 0.2) is 0 Å². The van der Waals surface area contributed by atoms with Gasteiger partial charge in [-0.3, -0.25) is 0 Å². The van der Waals surface area contributed by atoms with Gasteiger partial charge in [0, 0.05) is 6.04 Å². The molecule has 17 heavy (non-hydrogen) atoms. The van der Waals surface area contributed by atoms with Gasteiger partial charge in [-0.25, -0.2) is 0 Å². The van der Waals surface area contributed by atoms with Gasteiger partial charge < -0.3 is 10.1 Å². The maximum absolute atomic E-state index is 5.82. The Labute approximate surface area is 109 Å². The number of likely N-dealkylation sites (N-methyl/N-ethyl adjacent to an activating group) is 1. The predicted octanol–water partition coefficient (Wildman–Crippen LogP) is 4.14. The molecule has 0 amide bonds. The summed E-state index contributed by atoms with van der Waals surface area (Å²) in [6.07, 6.45) is 9.44. The van der Waals surface area contributed by atoms with Crippen molar-refractivity contribution in [1.29, 1.82) is 0 Å². The summed E-state index contributed by atoms with van der Waals surface area (Å²) in [5, 5.41) is 3.35. The summed E-state index contributed by atoms with van der Waals surface area (Å²) in [7, 11) is 2.04. The van der Waals surface area contributed by atoms with Gasteiger partial charge in [0.05, 0.1) is 12.2 Å². The molecule has 0 saturated carbocycles. The van der Waals surface area contributed by atoms with Gasteiger partial charge in [-0.15, -0.1) is 0 Å². The van der Waals surface area contributed by atoms with E-state index >= 15 is 0 Å². The highest BCUT2D eigenvalue weighted by atomic mass is 16.5. The zero-order valence-electron chi connectivity index (χ0n) is 12.6. The van der Waals surface area contributed by atoms with Gasteiger partial charge in [-0.1, -0.05) is 45.4 Å². The quantitative estimate of drug-likeness (QED) is 0.582. The first-order chi connectivity index (χ1) is 7.99. The third-order valence-corrected chi connectivity index (χ3v) is 3.03. The highest BCUT2D eigenvalue weighted by Gasteiger charge is 2.13. The normalized spacial score (nSPS) is 13.9. The van der Waals surface area contributed by atoms with Crippen LogP contribution in [0.5, 0.6) is 0 Å². The van der Waals surface area contributed by atoms with Gasteiger partial charge in [-0.2, -0.15) is 0 Å². The molecule has 0 heterocycles. The number of ether oxygens (including phenoxy) is 1. The molecule has 2 nitrogen and oxygen atoms in total. The molecule has 0 radical (unpaired) electrons. The van der Waals surface area contributed by atoms with Crippen molar-refractivity contribution in [3.63, 3.8) is 0 Å². The molecule has 104 valence electrons. The van der Waals surface area contributed by atoms with Gasteiger partial charge in [0.1, 0.15) is 0 Å². The Morgan fingerprint density at radius 1 is 1.00 bits per heavy atom. The molecule has 0 aliphatic heterocycles. The van der Waals surface area contributed by atoms with Crippen molar-refractivity contribution in [2.75, 3.05) is 13.7 Å². The van der Waals surface area contributed by atoms with Crippen LogP contribution in [0.25, 0.3) is 0 Å². The van der Waals surface area contributed by atoms with Gasteiger partial charge in [0.25, 0.3) is 0 Å². The molecule has 2 heteroatoms. The van der Waals surface area contributed by atoms with Crippen molar-refractivity contribution >= 4 is 0 Å². The predicted molar refractivity (Wildman–Crippen MR) is 76.5 cm³/mol. The van der Waals surface area contributed by atoms with Crippen molar-refractivity contribution < 1.29 is 4.74 Å². The Bertz CT molecular complexity index is 163. The van der Waals surface area contributed by atoms with Crippen molar-refractivity contribution in [2.45, 2.75) is 84.3 Å². The molecule has 0 aliphatic carbocycles. The van der Waals surface area contributed by atoms with Crippen molar-refractivity contribution in [3.8, 4) is 0 Å². The molecule has 0 saturated heterocycles. The Morgan fingerprint density at radius 2 is 1.59 bits per heavy atom. The van der Waals surface area contributed by atoms with Crippen LogP contribution in [0.2, 0.25) is 0 Å². The molecule has 1 unspecified atom stereocenters. The minimum atomic E-state index is -0.0176. The van der Waals surface area contributed by atoms with Crippen LogP contribution in [0.4, 0.5) is 0 Å². The number of nitrogens with one attached hydrogen (secondary N) is 1. The Kier molecular flexibility index (Phi) is 9.85. The monoisotopic (exact) mass is 243 g/mol. The number of rotatable bonds is 10. The molecule has 0 spiro atoms. The lowest BCUT2D eigenvalue weighted by atomic mass is 10.1. The van der Waals surface area contributed by atoms with Crippen LogP contribution >= 0.6 is 0 Å². The van der Waals surface area contributed by atoms with Gasteiger partial charge in [-0.05, 0) is 34.2 Å². The lowest BCUT2D eigenvalue weighted by Gasteiger charge is -2.24. The maximum atomic E-state index is 5.82. The molecule has 0 fully saturated rings. The fourth-order valence-electron chi connectivity index (χ4n) is 1.83. The van der Waals surface area contributed by atoms with E-state index in [4.69, 9.17) is 4.74 Å². The van der Waals surface area contributed by atoms with Gasteiger partial charge in [0.15, 0.2) is 0 Å². The molecule has 1 atom stereocenters. The molecule has 0 aliphatic rings. The smallest absolute Gasteiger partial charge is 0.0626 e. The fraction of sp³-hybridized carbons (Fsp3) is 1.00. The first kappa shape index (κ1) is 16.9. The largest absolute Gasteiger partial charge is 0.374 e. The minimum Gasteiger partial charge on any atom is -0.374 e. The molecule has 1 N–H and O–H groups in total. The van der Waals surface area contributed by atoms with E-state index in [0.29, 0.717) is 6.04 Å². The van der Waals surface area contributed by atoms with Crippen LogP contribution in [-0.4, -0.2) is 25.3 Å². The molecule has 0 aromatic carbocycles. The van der Waals surface area contributed by atoms with E-state index < -0.39 is 0 Å². The first-order valence-electron chi connectivity index (χ1n) is 7.31. The summed E-state index contributed by atoms with van der Waals surface area (Å²) < 4.78 is 5.82. The second kappa shape index (κ2) is 9.90. The molecule has 0 bridgehead atoms. The Balaban J connectivity index is 3.48. The molecular formula is C15H33NO. The standard InChI is InChI=1S/C15H33NO/c1-6-7-8-9-10-11-12-14(16-5)13-17-15(2,3)4/h14,16H,6-13H2,1-5H3. The van der Waals surface area contributed by atoms with Crippen LogP contribution in [0.3, 0.4) is 0 Å². The number of unbranched alkanes of at least 4 members (excludes halogenated alkanes) is 5. The molecule has 0 aromatic rings. The van der Waals surface area contributed by atoms with E-state index in [1.165, 1.54) is 44.9 Å². The van der Waals surface area contributed by atoms with E-state index in [9.17, 15) is 0 Å². The average Bonchev–Trinajstić information content (AvgIpc) is 2.26. The van der Waals surface area contributed by atoms with Crippen LogP contribution in [0.1, 0.15) is 72.6 Å². The summed E-state index contributed by atoms with van der Waals surface area (Å²) in [6.45, 7) is 9.44. The summed E-state index contributed by atoms with van der Waals surface area (Å²) in [5.41, 5.74) is -0.0176. The fourth-order valence-corrected chi connectivity index (χ4v) is 1.83. The van der Waals surface area contributed by atoms with E-state index in [2.05, 4.69) is 33.0 Å². The number of hydrogen-bond acceptors (Lipinski definition) is 2. The maximum Gasteiger partial charge on any atom is 0.0626 e. The number of hydrogen-bond donors (Lipinski definition) is 1. The molecular weight excluding hydrogens is 210 g/mol. The van der Waals surface area contributed by atoms with Gasteiger partial charge >= 0.3 is 0 Å². The minimum absolute atomic E-state index is 0.0176. The van der Waals surface area contributed by atoms with E-state index in [0.717, 1.165) is 6.61 Å². The van der Waals surface area contributed by atoms with Gasteiger partial charge in [0.2, 0.25) is 0 Å². The summed E-state index contributed by atoms with van der Waals surface area (Å²) in [4.78, 5) is 0. The second-order valence-electron chi connectivity index (χ2n) is 5.97. The van der Waals surface area contributed by atoms with Crippen molar-refractivity contribution in [3.05, 3.63) is 0 Å². The third-order valence-electron chi connectivity index (χ3n) is 3.03. The zero-order valence-corrected chi connectivity index (χ0v) is 12.6. The summed E-state index contributed by atoms with van der Waals surface area (Å²) >= 11 is 0. The zero-order chi connectivity index (χ0) is 13.1. The van der Waals surface area contributed by atoms with Crippen molar-refractivity contribution in [1.82, 2.24) is 5.32 Å².